The van der Waals surface area contributed by atoms with Gasteiger partial charge in [-0.05, 0) is 47.0 Å². The van der Waals surface area contributed by atoms with Crippen molar-refractivity contribution in [2.45, 2.75) is 89.4 Å². The summed E-state index contributed by atoms with van der Waals surface area (Å²) in [5.41, 5.74) is -0.637. The zero-order valence-electron chi connectivity index (χ0n) is 12.2. The van der Waals surface area contributed by atoms with E-state index in [0.717, 1.165) is 0 Å². The van der Waals surface area contributed by atoms with Gasteiger partial charge in [-0.1, -0.05) is 19.3 Å². The first-order chi connectivity index (χ1) is 8.27. The molecule has 1 saturated carbocycles. The van der Waals surface area contributed by atoms with Gasteiger partial charge in [-0.3, -0.25) is 9.69 Å². The third kappa shape index (κ3) is 2.23. The summed E-state index contributed by atoms with van der Waals surface area (Å²) >= 11 is 0. The van der Waals surface area contributed by atoms with Crippen molar-refractivity contribution >= 4 is 5.78 Å². The summed E-state index contributed by atoms with van der Waals surface area (Å²) in [4.78, 5) is 14.7. The van der Waals surface area contributed by atoms with Crippen LogP contribution < -0.4 is 0 Å². The van der Waals surface area contributed by atoms with E-state index in [0.29, 0.717) is 12.5 Å². The molecular formula is C15H27NO2. The SMILES string of the molecule is CC1(C)CC(O)C(=O)C(C)(C)N1C1CCCCC1. The minimum absolute atomic E-state index is 0.00704. The molecule has 1 aliphatic heterocycles. The third-order valence-corrected chi connectivity index (χ3v) is 4.79. The molecule has 2 aliphatic rings. The van der Waals surface area contributed by atoms with Gasteiger partial charge in [-0.15, -0.1) is 0 Å². The Balaban J connectivity index is 2.31. The number of likely N-dealkylation sites (tertiary alicyclic amines) is 1. The Kier molecular flexibility index (Phi) is 3.58. The van der Waals surface area contributed by atoms with Gasteiger partial charge >= 0.3 is 0 Å². The first-order valence-electron chi connectivity index (χ1n) is 7.28. The highest BCUT2D eigenvalue weighted by atomic mass is 16.3. The lowest BCUT2D eigenvalue weighted by molar-refractivity contribution is -0.161. The molecule has 2 fully saturated rings. The van der Waals surface area contributed by atoms with Gasteiger partial charge in [0, 0.05) is 11.6 Å². The molecule has 0 bridgehead atoms. The summed E-state index contributed by atoms with van der Waals surface area (Å²) in [5, 5.41) is 9.99. The van der Waals surface area contributed by atoms with Gasteiger partial charge < -0.3 is 5.11 Å². The second-order valence-electron chi connectivity index (χ2n) is 7.12. The molecule has 0 aromatic carbocycles. The monoisotopic (exact) mass is 253 g/mol. The van der Waals surface area contributed by atoms with Gasteiger partial charge in [0.2, 0.25) is 0 Å². The summed E-state index contributed by atoms with van der Waals surface area (Å²) < 4.78 is 0. The van der Waals surface area contributed by atoms with Gasteiger partial charge in [-0.25, -0.2) is 0 Å². The van der Waals surface area contributed by atoms with Gasteiger partial charge in [-0.2, -0.15) is 0 Å². The maximum Gasteiger partial charge on any atom is 0.180 e. The van der Waals surface area contributed by atoms with E-state index in [9.17, 15) is 9.90 Å². The molecule has 0 radical (unpaired) electrons. The summed E-state index contributed by atoms with van der Waals surface area (Å²) in [7, 11) is 0. The van der Waals surface area contributed by atoms with Crippen LogP contribution in [0.15, 0.2) is 0 Å². The smallest absolute Gasteiger partial charge is 0.180 e. The minimum atomic E-state index is -0.796. The van der Waals surface area contributed by atoms with Gasteiger partial charge in [0.25, 0.3) is 0 Å². The maximum absolute atomic E-state index is 12.3. The van der Waals surface area contributed by atoms with Crippen molar-refractivity contribution in [3.63, 3.8) is 0 Å². The standard InChI is InChI=1S/C15H27NO2/c1-14(2)10-12(17)13(18)15(3,4)16(14)11-8-6-5-7-9-11/h11-12,17H,5-10H2,1-4H3. The van der Waals surface area contributed by atoms with Crippen LogP contribution in [0.2, 0.25) is 0 Å². The number of rotatable bonds is 1. The number of carbonyl (C=O) groups is 1. The summed E-state index contributed by atoms with van der Waals surface area (Å²) in [6, 6.07) is 0.500. The molecule has 1 unspecified atom stereocenters. The fraction of sp³-hybridized carbons (Fsp3) is 0.933. The molecular weight excluding hydrogens is 226 g/mol. The van der Waals surface area contributed by atoms with Crippen LogP contribution in [0.5, 0.6) is 0 Å². The van der Waals surface area contributed by atoms with E-state index in [1.54, 1.807) is 0 Å². The van der Waals surface area contributed by atoms with Crippen molar-refractivity contribution < 1.29 is 9.90 Å². The summed E-state index contributed by atoms with van der Waals surface area (Å²) in [5.74, 6) is -0.00704. The molecule has 0 aromatic heterocycles. The molecule has 0 amide bonds. The second kappa shape index (κ2) is 4.61. The van der Waals surface area contributed by atoms with Crippen LogP contribution in [0.1, 0.15) is 66.2 Å². The molecule has 1 heterocycles. The Morgan fingerprint density at radius 3 is 2.22 bits per heavy atom. The Morgan fingerprint density at radius 2 is 1.67 bits per heavy atom. The Bertz CT molecular complexity index is 329. The van der Waals surface area contributed by atoms with E-state index in [-0.39, 0.29) is 11.3 Å². The fourth-order valence-corrected chi connectivity index (χ4v) is 4.24. The van der Waals surface area contributed by atoms with Crippen molar-refractivity contribution in [3.8, 4) is 0 Å². The molecule has 3 nitrogen and oxygen atoms in total. The van der Waals surface area contributed by atoms with E-state index < -0.39 is 11.6 Å². The first-order valence-corrected chi connectivity index (χ1v) is 7.28. The van der Waals surface area contributed by atoms with Crippen LogP contribution in [0.25, 0.3) is 0 Å². The van der Waals surface area contributed by atoms with Crippen molar-refractivity contribution in [3.05, 3.63) is 0 Å². The van der Waals surface area contributed by atoms with Crippen LogP contribution in [-0.4, -0.2) is 39.0 Å². The van der Waals surface area contributed by atoms with Crippen molar-refractivity contribution in [2.24, 2.45) is 0 Å². The molecule has 104 valence electrons. The number of carbonyl (C=O) groups excluding carboxylic acids is 1. The predicted molar refractivity (Wildman–Crippen MR) is 72.5 cm³/mol. The number of aliphatic hydroxyl groups is 1. The molecule has 3 heteroatoms. The number of hydrogen-bond acceptors (Lipinski definition) is 3. The largest absolute Gasteiger partial charge is 0.385 e. The molecule has 2 rings (SSSR count). The van der Waals surface area contributed by atoms with Crippen molar-refractivity contribution in [1.82, 2.24) is 4.90 Å². The Labute approximate surface area is 111 Å². The molecule has 0 spiro atoms. The summed E-state index contributed by atoms with van der Waals surface area (Å²) in [6.07, 6.45) is 6.00. The molecule has 1 saturated heterocycles. The Morgan fingerprint density at radius 1 is 1.11 bits per heavy atom. The van der Waals surface area contributed by atoms with Crippen LogP contribution >= 0.6 is 0 Å². The summed E-state index contributed by atoms with van der Waals surface area (Å²) in [6.45, 7) is 8.29. The first kappa shape index (κ1) is 14.0. The second-order valence-corrected chi connectivity index (χ2v) is 7.12. The number of aliphatic hydroxyl groups excluding tert-OH is 1. The van der Waals surface area contributed by atoms with Crippen LogP contribution in [0.4, 0.5) is 0 Å². The molecule has 1 atom stereocenters. The minimum Gasteiger partial charge on any atom is -0.385 e. The van der Waals surface area contributed by atoms with Gasteiger partial charge in [0.15, 0.2) is 5.78 Å². The molecule has 18 heavy (non-hydrogen) atoms. The average molecular weight is 253 g/mol. The number of piperidine rings is 1. The van der Waals surface area contributed by atoms with E-state index >= 15 is 0 Å². The predicted octanol–water partition coefficient (Wildman–Crippen LogP) is 2.51. The topological polar surface area (TPSA) is 40.5 Å². The van der Waals surface area contributed by atoms with Crippen LogP contribution in [-0.2, 0) is 4.79 Å². The molecule has 1 aliphatic carbocycles. The highest BCUT2D eigenvalue weighted by molar-refractivity contribution is 5.92. The number of Topliss-reactive ketones (excluding diaryl/α,β-unsaturated/α-hetero) is 1. The molecule has 1 N–H and O–H groups in total. The maximum atomic E-state index is 12.3. The lowest BCUT2D eigenvalue weighted by atomic mass is 9.74. The lowest BCUT2D eigenvalue weighted by Gasteiger charge is -2.57. The lowest BCUT2D eigenvalue weighted by Crippen LogP contribution is -2.69. The van der Waals surface area contributed by atoms with Crippen LogP contribution in [0, 0.1) is 0 Å². The van der Waals surface area contributed by atoms with Crippen molar-refractivity contribution in [1.29, 1.82) is 0 Å². The number of ketones is 1. The quantitative estimate of drug-likeness (QED) is 0.780. The van der Waals surface area contributed by atoms with E-state index in [1.165, 1.54) is 32.1 Å². The van der Waals surface area contributed by atoms with E-state index in [1.807, 2.05) is 13.8 Å². The average Bonchev–Trinajstić information content (AvgIpc) is 2.26. The van der Waals surface area contributed by atoms with Gasteiger partial charge in [0.1, 0.15) is 6.10 Å². The fourth-order valence-electron chi connectivity index (χ4n) is 4.24. The zero-order valence-corrected chi connectivity index (χ0v) is 12.2. The van der Waals surface area contributed by atoms with Gasteiger partial charge in [0.05, 0.1) is 5.54 Å². The number of nitrogens with zero attached hydrogens (tertiary/aromatic N) is 1. The highest BCUT2D eigenvalue weighted by Crippen LogP contribution is 2.41. The van der Waals surface area contributed by atoms with E-state index in [4.69, 9.17) is 0 Å². The molecule has 0 aromatic rings. The zero-order chi connectivity index (χ0) is 13.6. The normalized spacial score (nSPS) is 33.6. The number of hydrogen-bond donors (Lipinski definition) is 1. The van der Waals surface area contributed by atoms with E-state index in [2.05, 4.69) is 18.7 Å². The highest BCUT2D eigenvalue weighted by Gasteiger charge is 2.53. The third-order valence-electron chi connectivity index (χ3n) is 4.79. The van der Waals surface area contributed by atoms with Crippen molar-refractivity contribution in [2.75, 3.05) is 0 Å². The Hall–Kier alpha value is -0.410. The van der Waals surface area contributed by atoms with Crippen LogP contribution in [0.3, 0.4) is 0 Å².